The van der Waals surface area contributed by atoms with Gasteiger partial charge >= 0.3 is 10.2 Å². The second kappa shape index (κ2) is 12.1. The molecular weight excluding hydrogens is 563 g/mol. The fourth-order valence-corrected chi connectivity index (χ4v) is 4.03. The van der Waals surface area contributed by atoms with Crippen molar-refractivity contribution in [3.05, 3.63) is 53.1 Å². The number of carbonyl (C=O) groups is 1. The van der Waals surface area contributed by atoms with E-state index < -0.39 is 30.9 Å². The van der Waals surface area contributed by atoms with Crippen molar-refractivity contribution in [3.63, 3.8) is 0 Å². The minimum atomic E-state index is -4.78. The molecule has 1 amide bonds. The molecule has 12 nitrogen and oxygen atoms in total. The van der Waals surface area contributed by atoms with Gasteiger partial charge in [0.15, 0.2) is 0 Å². The number of carbonyl (C=O) groups excluding carboxylic acids is 1. The highest BCUT2D eigenvalue weighted by Crippen LogP contribution is 2.31. The first-order valence-electron chi connectivity index (χ1n) is 11.0. The zero-order valence-corrected chi connectivity index (χ0v) is 23.1. The van der Waals surface area contributed by atoms with Crippen LogP contribution in [0.2, 0.25) is 5.02 Å². The minimum absolute atomic E-state index is 0.0958. The predicted octanol–water partition coefficient (Wildman–Crippen LogP) is 2.65. The first-order chi connectivity index (χ1) is 17.4. The van der Waals surface area contributed by atoms with Gasteiger partial charge in [0.25, 0.3) is 10.1 Å². The molecule has 0 fully saturated rings. The number of aliphatic imine (C=N–C) groups is 2. The van der Waals surface area contributed by atoms with Crippen LogP contribution in [0.15, 0.2) is 57.3 Å². The van der Waals surface area contributed by atoms with Gasteiger partial charge < -0.3 is 16.8 Å². The van der Waals surface area contributed by atoms with Crippen LogP contribution in [-0.2, 0) is 31.6 Å². The molecule has 0 atom stereocenters. The summed E-state index contributed by atoms with van der Waals surface area (Å²) in [5.41, 5.74) is 12.8. The van der Waals surface area contributed by atoms with Crippen molar-refractivity contribution in [1.29, 1.82) is 0 Å². The molecule has 0 saturated heterocycles. The number of nitrogens with one attached hydrogen (secondary N) is 1. The van der Waals surface area contributed by atoms with Crippen molar-refractivity contribution in [3.8, 4) is 0 Å². The van der Waals surface area contributed by atoms with Gasteiger partial charge in [-0.2, -0.15) is 21.8 Å². The molecule has 0 saturated carbocycles. The average molecular weight is 591 g/mol. The summed E-state index contributed by atoms with van der Waals surface area (Å²) in [6.07, 6.45) is 0.488. The molecule has 16 heteroatoms. The number of anilines is 2. The van der Waals surface area contributed by atoms with Crippen molar-refractivity contribution < 1.29 is 30.1 Å². The summed E-state index contributed by atoms with van der Waals surface area (Å²) in [6, 6.07) is 10.1. The molecule has 1 aliphatic heterocycles. The molecule has 1 heterocycles. The van der Waals surface area contributed by atoms with E-state index >= 15 is 0 Å². The van der Waals surface area contributed by atoms with E-state index in [2.05, 4.69) is 15.3 Å². The van der Waals surface area contributed by atoms with Gasteiger partial charge in [-0.3, -0.25) is 14.2 Å². The van der Waals surface area contributed by atoms with Crippen molar-refractivity contribution >= 4 is 61.1 Å². The van der Waals surface area contributed by atoms with Crippen LogP contribution in [0.5, 0.6) is 0 Å². The summed E-state index contributed by atoms with van der Waals surface area (Å²) >= 11 is 6.43. The van der Waals surface area contributed by atoms with Crippen LogP contribution >= 0.6 is 11.6 Å². The molecule has 1 aliphatic rings. The number of hydrogen-bond donors (Lipinski definition) is 4. The Hall–Kier alpha value is -3.27. The largest absolute Gasteiger partial charge is 0.369 e. The summed E-state index contributed by atoms with van der Waals surface area (Å²) in [5.74, 6) is -0.220. The molecule has 6 N–H and O–H groups in total. The number of halogens is 2. The molecule has 0 aliphatic carbocycles. The van der Waals surface area contributed by atoms with Crippen LogP contribution in [-0.4, -0.2) is 50.6 Å². The smallest absolute Gasteiger partial charge is 0.332 e. The molecule has 0 aromatic heterocycles. The van der Waals surface area contributed by atoms with Crippen LogP contribution in [0, 0.1) is 0 Å². The standard InChI is InChI=1S/C20H22ClFN6O3S.C2H6O3S/c1-20(2)27-18(23)26-19(24)28(20)14-7-3-12(16(21)11-14)4-10-17(29)25-13-5-8-15(9-6-13)32(22,30)31;1-2-6(3,4)5/h3,5-9,11H,4,10H2,1-2H3,(H,25,29)(H4,23,24,26,27);2H2,1H3,(H,3,4,5). The second-order valence-corrected chi connectivity index (χ2v) is 11.9. The number of nitrogens with zero attached hydrogens (tertiary/aromatic N) is 3. The molecule has 2 aromatic rings. The molecule has 0 radical (unpaired) electrons. The Labute approximate surface area is 225 Å². The summed E-state index contributed by atoms with van der Waals surface area (Å²) in [4.78, 5) is 21.8. The van der Waals surface area contributed by atoms with Crippen molar-refractivity contribution in [2.45, 2.75) is 44.2 Å². The first-order valence-corrected chi connectivity index (χ1v) is 14.4. The maximum Gasteiger partial charge on any atom is 0.332 e. The molecular formula is C22H28ClFN6O6S2. The van der Waals surface area contributed by atoms with Gasteiger partial charge in [-0.15, -0.1) is 3.89 Å². The topological polar surface area (TPSA) is 198 Å². The first kappa shape index (κ1) is 31.0. The van der Waals surface area contributed by atoms with E-state index in [1.807, 2.05) is 13.8 Å². The third-order valence-electron chi connectivity index (χ3n) is 5.09. The van der Waals surface area contributed by atoms with Crippen molar-refractivity contribution in [2.75, 3.05) is 16.0 Å². The highest BCUT2D eigenvalue weighted by Gasteiger charge is 2.33. The molecule has 2 aromatic carbocycles. The monoisotopic (exact) mass is 590 g/mol. The Kier molecular flexibility index (Phi) is 9.83. The van der Waals surface area contributed by atoms with Crippen molar-refractivity contribution in [1.82, 2.24) is 0 Å². The van der Waals surface area contributed by atoms with E-state index in [0.29, 0.717) is 22.8 Å². The van der Waals surface area contributed by atoms with Gasteiger partial charge in [0.05, 0.1) is 10.6 Å². The fraction of sp³-hybridized carbons (Fsp3) is 0.318. The van der Waals surface area contributed by atoms with Crippen molar-refractivity contribution in [2.24, 2.45) is 21.5 Å². The number of nitrogens with two attached hydrogens (primary N) is 2. The van der Waals surface area contributed by atoms with E-state index in [4.69, 9.17) is 27.6 Å². The number of rotatable bonds is 7. The molecule has 3 rings (SSSR count). The number of aryl methyl sites for hydroxylation is 1. The molecule has 0 bridgehead atoms. The highest BCUT2D eigenvalue weighted by molar-refractivity contribution is 7.86. The van der Waals surface area contributed by atoms with E-state index in [1.165, 1.54) is 19.1 Å². The van der Waals surface area contributed by atoms with Crippen LogP contribution in [0.3, 0.4) is 0 Å². The third-order valence-corrected chi connectivity index (χ3v) is 7.01. The lowest BCUT2D eigenvalue weighted by molar-refractivity contribution is -0.116. The summed E-state index contributed by atoms with van der Waals surface area (Å²) in [6.45, 7) is 5.04. The highest BCUT2D eigenvalue weighted by atomic mass is 35.5. The van der Waals surface area contributed by atoms with Crippen LogP contribution in [0.1, 0.15) is 32.8 Å². The van der Waals surface area contributed by atoms with Gasteiger partial charge in [-0.1, -0.05) is 17.7 Å². The minimum Gasteiger partial charge on any atom is -0.369 e. The van der Waals surface area contributed by atoms with E-state index in [1.54, 1.807) is 23.1 Å². The van der Waals surface area contributed by atoms with E-state index in [0.717, 1.165) is 17.7 Å². The average Bonchev–Trinajstić information content (AvgIpc) is 2.77. The lowest BCUT2D eigenvalue weighted by Gasteiger charge is -2.38. The lowest BCUT2D eigenvalue weighted by Crippen LogP contribution is -2.54. The Morgan fingerprint density at radius 3 is 2.18 bits per heavy atom. The van der Waals surface area contributed by atoms with Gasteiger partial charge in [0.2, 0.25) is 17.8 Å². The number of benzene rings is 2. The Balaban J connectivity index is 0.000000757. The van der Waals surface area contributed by atoms with Gasteiger partial charge in [-0.05, 0) is 69.2 Å². The maximum absolute atomic E-state index is 12.9. The zero-order valence-electron chi connectivity index (χ0n) is 20.7. The SMILES string of the molecule is CC1(C)N=C(N)N=C(N)N1c1ccc(CCC(=O)Nc2ccc(S(=O)(=O)F)cc2)c(Cl)c1.CCS(=O)(=O)O. The Morgan fingerprint density at radius 1 is 1.13 bits per heavy atom. The summed E-state index contributed by atoms with van der Waals surface area (Å²) < 4.78 is 61.6. The second-order valence-electron chi connectivity index (χ2n) is 8.43. The van der Waals surface area contributed by atoms with Crippen LogP contribution < -0.4 is 21.7 Å². The number of hydrogen-bond acceptors (Lipinski definition) is 10. The molecule has 38 heavy (non-hydrogen) atoms. The van der Waals surface area contributed by atoms with Crippen LogP contribution in [0.25, 0.3) is 0 Å². The van der Waals surface area contributed by atoms with Gasteiger partial charge in [0, 0.05) is 22.8 Å². The maximum atomic E-state index is 12.9. The Bertz CT molecular complexity index is 1460. The summed E-state index contributed by atoms with van der Waals surface area (Å²) in [5, 5.41) is 3.07. The Morgan fingerprint density at radius 2 is 1.71 bits per heavy atom. The summed E-state index contributed by atoms with van der Waals surface area (Å²) in [7, 11) is -8.45. The normalized spacial score (nSPS) is 15.1. The quantitative estimate of drug-likeness (QED) is 0.276. The number of amides is 1. The molecule has 0 spiro atoms. The third kappa shape index (κ3) is 8.93. The molecule has 0 unspecified atom stereocenters. The lowest BCUT2D eigenvalue weighted by atomic mass is 10.1. The van der Waals surface area contributed by atoms with Crippen LogP contribution in [0.4, 0.5) is 15.3 Å². The number of guanidine groups is 2. The molecule has 208 valence electrons. The zero-order chi connectivity index (χ0) is 28.9. The van der Waals surface area contributed by atoms with E-state index in [9.17, 15) is 25.5 Å². The van der Waals surface area contributed by atoms with Gasteiger partial charge in [-0.25, -0.2) is 4.99 Å². The van der Waals surface area contributed by atoms with E-state index in [-0.39, 0.29) is 30.0 Å². The fourth-order valence-electron chi connectivity index (χ4n) is 3.30. The predicted molar refractivity (Wildman–Crippen MR) is 145 cm³/mol. The van der Waals surface area contributed by atoms with Gasteiger partial charge in [0.1, 0.15) is 5.66 Å².